The standard InChI is InChI=1S/C26H23N5O2S/c1-17(27)23(25(32)29-26-28-24(18(2)34-26)19-11-5-3-6-12-19)31-30-21-15-9-10-16-22(21)33-20-13-7-4-8-14-20/h3-16,27,30H,1-2H3,(H,28,29,32)/b27-17?,31-23+. The lowest BCUT2D eigenvalue weighted by Gasteiger charge is -2.11. The van der Waals surface area contributed by atoms with Crippen molar-refractivity contribution in [1.82, 2.24) is 4.98 Å². The number of aryl methyl sites for hydroxylation is 1. The Hall–Kier alpha value is -4.30. The summed E-state index contributed by atoms with van der Waals surface area (Å²) in [4.78, 5) is 18.5. The first kappa shape index (κ1) is 22.9. The van der Waals surface area contributed by atoms with Crippen LogP contribution in [0.4, 0.5) is 10.8 Å². The molecule has 3 N–H and O–H groups in total. The Kier molecular flexibility index (Phi) is 7.10. The highest BCUT2D eigenvalue weighted by Gasteiger charge is 2.18. The molecular weight excluding hydrogens is 446 g/mol. The van der Waals surface area contributed by atoms with Gasteiger partial charge in [0.1, 0.15) is 5.75 Å². The van der Waals surface area contributed by atoms with Gasteiger partial charge >= 0.3 is 0 Å². The minimum Gasteiger partial charge on any atom is -0.455 e. The lowest BCUT2D eigenvalue weighted by Crippen LogP contribution is -2.29. The lowest BCUT2D eigenvalue weighted by molar-refractivity contribution is -0.110. The van der Waals surface area contributed by atoms with Crippen molar-refractivity contribution in [2.45, 2.75) is 13.8 Å². The molecule has 170 valence electrons. The van der Waals surface area contributed by atoms with Crippen molar-refractivity contribution in [3.05, 3.63) is 89.8 Å². The van der Waals surface area contributed by atoms with Crippen LogP contribution in [0.25, 0.3) is 11.3 Å². The SMILES string of the molecule is CC(=N)/C(=N\Nc1ccccc1Oc1ccccc1)C(=O)Nc1nc(-c2ccccc2)c(C)s1. The maximum atomic E-state index is 12.9. The van der Waals surface area contributed by atoms with E-state index in [4.69, 9.17) is 10.1 Å². The quantitative estimate of drug-likeness (QED) is 0.207. The summed E-state index contributed by atoms with van der Waals surface area (Å²) >= 11 is 1.38. The van der Waals surface area contributed by atoms with Gasteiger partial charge in [-0.1, -0.05) is 60.7 Å². The van der Waals surface area contributed by atoms with Crippen molar-refractivity contribution in [1.29, 1.82) is 5.41 Å². The zero-order chi connectivity index (χ0) is 23.9. The third-order valence-electron chi connectivity index (χ3n) is 4.78. The highest BCUT2D eigenvalue weighted by molar-refractivity contribution is 7.16. The predicted molar refractivity (Wildman–Crippen MR) is 138 cm³/mol. The fourth-order valence-corrected chi connectivity index (χ4v) is 3.99. The van der Waals surface area contributed by atoms with E-state index in [-0.39, 0.29) is 11.4 Å². The molecule has 0 saturated carbocycles. The molecule has 7 nitrogen and oxygen atoms in total. The largest absolute Gasteiger partial charge is 0.455 e. The molecule has 0 radical (unpaired) electrons. The van der Waals surface area contributed by atoms with E-state index in [1.807, 2.05) is 79.7 Å². The minimum atomic E-state index is -0.519. The van der Waals surface area contributed by atoms with E-state index in [9.17, 15) is 4.79 Å². The molecule has 0 spiro atoms. The highest BCUT2D eigenvalue weighted by atomic mass is 32.1. The minimum absolute atomic E-state index is 0.0167. The number of hydrazone groups is 1. The van der Waals surface area contributed by atoms with Crippen molar-refractivity contribution in [2.24, 2.45) is 5.10 Å². The van der Waals surface area contributed by atoms with Crippen LogP contribution >= 0.6 is 11.3 Å². The molecule has 0 unspecified atom stereocenters. The first-order valence-corrected chi connectivity index (χ1v) is 11.4. The number of aromatic nitrogens is 1. The van der Waals surface area contributed by atoms with Gasteiger partial charge in [0.25, 0.3) is 5.91 Å². The predicted octanol–water partition coefficient (Wildman–Crippen LogP) is 6.36. The molecule has 1 amide bonds. The number of thiazole rings is 1. The van der Waals surface area contributed by atoms with E-state index in [0.717, 1.165) is 16.1 Å². The van der Waals surface area contributed by atoms with Gasteiger partial charge in [-0.2, -0.15) is 5.10 Å². The molecular formula is C26H23N5O2S. The van der Waals surface area contributed by atoms with Gasteiger partial charge < -0.3 is 10.1 Å². The third-order valence-corrected chi connectivity index (χ3v) is 5.67. The third kappa shape index (κ3) is 5.54. The molecule has 0 aliphatic rings. The summed E-state index contributed by atoms with van der Waals surface area (Å²) in [5.74, 6) is 0.702. The van der Waals surface area contributed by atoms with Crippen molar-refractivity contribution in [3.8, 4) is 22.8 Å². The van der Waals surface area contributed by atoms with E-state index in [0.29, 0.717) is 22.3 Å². The fourth-order valence-electron chi connectivity index (χ4n) is 3.15. The fraction of sp³-hybridized carbons (Fsp3) is 0.0769. The number of hydrogen-bond donors (Lipinski definition) is 3. The maximum absolute atomic E-state index is 12.9. The van der Waals surface area contributed by atoms with Gasteiger partial charge in [0.05, 0.1) is 17.1 Å². The van der Waals surface area contributed by atoms with Crippen LogP contribution in [-0.2, 0) is 4.79 Å². The van der Waals surface area contributed by atoms with Crippen molar-refractivity contribution >= 4 is 39.5 Å². The first-order valence-electron chi connectivity index (χ1n) is 10.6. The summed E-state index contributed by atoms with van der Waals surface area (Å²) in [6.07, 6.45) is 0. The van der Waals surface area contributed by atoms with Gasteiger partial charge in [0, 0.05) is 10.4 Å². The van der Waals surface area contributed by atoms with Gasteiger partial charge in [-0.15, -0.1) is 11.3 Å². The van der Waals surface area contributed by atoms with Crippen LogP contribution in [0, 0.1) is 12.3 Å². The normalized spacial score (nSPS) is 11.1. The average Bonchev–Trinajstić information content (AvgIpc) is 3.21. The smallest absolute Gasteiger partial charge is 0.279 e. The Morgan fingerprint density at radius 1 is 0.971 bits per heavy atom. The number of carbonyl (C=O) groups is 1. The van der Waals surface area contributed by atoms with Crippen LogP contribution in [0.5, 0.6) is 11.5 Å². The van der Waals surface area contributed by atoms with Crippen LogP contribution in [0.15, 0.2) is 90.0 Å². The zero-order valence-electron chi connectivity index (χ0n) is 18.7. The van der Waals surface area contributed by atoms with Crippen LogP contribution < -0.4 is 15.5 Å². The molecule has 0 atom stereocenters. The van der Waals surface area contributed by atoms with Crippen LogP contribution in [0.2, 0.25) is 0 Å². The molecule has 1 heterocycles. The number of nitrogens with one attached hydrogen (secondary N) is 3. The number of amides is 1. The van der Waals surface area contributed by atoms with Crippen LogP contribution in [0.1, 0.15) is 11.8 Å². The molecule has 3 aromatic carbocycles. The molecule has 1 aromatic heterocycles. The molecule has 0 saturated heterocycles. The Balaban J connectivity index is 1.52. The van der Waals surface area contributed by atoms with E-state index in [1.54, 1.807) is 12.1 Å². The number of para-hydroxylation sites is 3. The number of anilines is 2. The van der Waals surface area contributed by atoms with Gasteiger partial charge in [-0.3, -0.25) is 15.5 Å². The summed E-state index contributed by atoms with van der Waals surface area (Å²) < 4.78 is 5.92. The van der Waals surface area contributed by atoms with Gasteiger partial charge in [0.15, 0.2) is 16.6 Å². The van der Waals surface area contributed by atoms with Gasteiger partial charge in [-0.05, 0) is 38.1 Å². The second-order valence-corrected chi connectivity index (χ2v) is 8.56. The van der Waals surface area contributed by atoms with Gasteiger partial charge in [-0.25, -0.2) is 4.98 Å². The summed E-state index contributed by atoms with van der Waals surface area (Å²) in [5, 5.41) is 15.5. The number of hydrogen-bond acceptors (Lipinski definition) is 7. The summed E-state index contributed by atoms with van der Waals surface area (Å²) in [7, 11) is 0. The van der Waals surface area contributed by atoms with E-state index >= 15 is 0 Å². The number of benzene rings is 3. The molecule has 0 fully saturated rings. The molecule has 8 heteroatoms. The summed E-state index contributed by atoms with van der Waals surface area (Å²) in [6, 6.07) is 26.4. The van der Waals surface area contributed by atoms with Crippen molar-refractivity contribution in [2.75, 3.05) is 10.7 Å². The monoisotopic (exact) mass is 469 g/mol. The molecule has 4 rings (SSSR count). The molecule has 0 bridgehead atoms. The summed E-state index contributed by atoms with van der Waals surface area (Å²) in [5.41, 5.74) is 5.19. The van der Waals surface area contributed by atoms with Crippen LogP contribution in [0.3, 0.4) is 0 Å². The number of nitrogens with zero attached hydrogens (tertiary/aromatic N) is 2. The van der Waals surface area contributed by atoms with Crippen molar-refractivity contribution < 1.29 is 9.53 Å². The highest BCUT2D eigenvalue weighted by Crippen LogP contribution is 2.31. The molecule has 0 aliphatic carbocycles. The number of ether oxygens (including phenoxy) is 1. The zero-order valence-corrected chi connectivity index (χ0v) is 19.5. The number of carbonyl (C=O) groups excluding carboxylic acids is 1. The Morgan fingerprint density at radius 3 is 2.32 bits per heavy atom. The second-order valence-electron chi connectivity index (χ2n) is 7.35. The average molecular weight is 470 g/mol. The summed E-state index contributed by atoms with van der Waals surface area (Å²) in [6.45, 7) is 3.46. The Labute approximate surface area is 201 Å². The van der Waals surface area contributed by atoms with Crippen molar-refractivity contribution in [3.63, 3.8) is 0 Å². The van der Waals surface area contributed by atoms with E-state index < -0.39 is 5.91 Å². The molecule has 34 heavy (non-hydrogen) atoms. The number of rotatable bonds is 8. The maximum Gasteiger partial charge on any atom is 0.279 e. The first-order chi connectivity index (χ1) is 16.5. The van der Waals surface area contributed by atoms with E-state index in [2.05, 4.69) is 20.8 Å². The Morgan fingerprint density at radius 2 is 1.62 bits per heavy atom. The Bertz CT molecular complexity index is 1330. The van der Waals surface area contributed by atoms with E-state index in [1.165, 1.54) is 18.3 Å². The molecule has 4 aromatic rings. The van der Waals surface area contributed by atoms with Gasteiger partial charge in [0.2, 0.25) is 0 Å². The topological polar surface area (TPSA) is 99.5 Å². The lowest BCUT2D eigenvalue weighted by atomic mass is 10.1. The van der Waals surface area contributed by atoms with Crippen LogP contribution in [-0.4, -0.2) is 22.3 Å². The molecule has 0 aliphatic heterocycles. The second kappa shape index (κ2) is 10.5.